The molecule has 1 atom stereocenters. The summed E-state index contributed by atoms with van der Waals surface area (Å²) < 4.78 is 4.95. The molecule has 1 amide bonds. The summed E-state index contributed by atoms with van der Waals surface area (Å²) in [6.07, 6.45) is -0.758. The van der Waals surface area contributed by atoms with Gasteiger partial charge in [-0.25, -0.2) is 4.79 Å². The molecule has 0 saturated carbocycles. The number of ether oxygens (including phenoxy) is 1. The lowest BCUT2D eigenvalue weighted by atomic mass is 10.3. The molecule has 0 fully saturated rings. The molecule has 0 heterocycles. The van der Waals surface area contributed by atoms with Crippen LogP contribution in [0.3, 0.4) is 0 Å². The Balaban J connectivity index is 2.25. The third-order valence-corrected chi connectivity index (χ3v) is 2.10. The fourth-order valence-corrected chi connectivity index (χ4v) is 1.14. The molecule has 1 aromatic carbocycles. The van der Waals surface area contributed by atoms with Crippen molar-refractivity contribution in [2.24, 2.45) is 0 Å². The van der Waals surface area contributed by atoms with Crippen LogP contribution in [0.5, 0.6) is 0 Å². The summed E-state index contributed by atoms with van der Waals surface area (Å²) in [6.45, 7) is 1.52. The van der Waals surface area contributed by atoms with Gasteiger partial charge in [-0.1, -0.05) is 18.2 Å². The van der Waals surface area contributed by atoms with Gasteiger partial charge in [0.1, 0.15) is 0 Å². The molecule has 17 heavy (non-hydrogen) atoms. The molecule has 0 aliphatic rings. The number of benzene rings is 1. The van der Waals surface area contributed by atoms with Gasteiger partial charge in [-0.2, -0.15) is 0 Å². The molecular weight excluding hydrogens is 222 g/mol. The van der Waals surface area contributed by atoms with E-state index in [1.165, 1.54) is 6.92 Å². The fourth-order valence-electron chi connectivity index (χ4n) is 1.14. The Bertz CT molecular complexity index is 377. The van der Waals surface area contributed by atoms with E-state index < -0.39 is 12.1 Å². The monoisotopic (exact) mass is 237 g/mol. The molecule has 0 spiro atoms. The van der Waals surface area contributed by atoms with Crippen LogP contribution in [0.2, 0.25) is 0 Å². The third-order valence-electron chi connectivity index (χ3n) is 2.10. The van der Waals surface area contributed by atoms with Gasteiger partial charge < -0.3 is 15.2 Å². The van der Waals surface area contributed by atoms with E-state index in [1.54, 1.807) is 12.1 Å². The number of carboxylic acids is 1. The summed E-state index contributed by atoms with van der Waals surface area (Å²) in [5.74, 6) is -1.23. The number of carbonyl (C=O) groups is 2. The summed E-state index contributed by atoms with van der Waals surface area (Å²) in [6, 6.07) is 9.04. The predicted molar refractivity (Wildman–Crippen MR) is 62.7 cm³/mol. The second-order valence-electron chi connectivity index (χ2n) is 3.52. The second-order valence-corrected chi connectivity index (χ2v) is 3.52. The van der Waals surface area contributed by atoms with E-state index in [0.29, 0.717) is 5.69 Å². The van der Waals surface area contributed by atoms with Gasteiger partial charge in [-0.3, -0.25) is 4.79 Å². The van der Waals surface area contributed by atoms with Crippen molar-refractivity contribution in [3.8, 4) is 0 Å². The molecule has 0 radical (unpaired) electrons. The third kappa shape index (κ3) is 5.12. The van der Waals surface area contributed by atoms with Crippen molar-refractivity contribution in [3.05, 3.63) is 30.3 Å². The first-order valence-corrected chi connectivity index (χ1v) is 5.29. The van der Waals surface area contributed by atoms with Crippen molar-refractivity contribution in [3.63, 3.8) is 0 Å². The van der Waals surface area contributed by atoms with Crippen molar-refractivity contribution in [1.82, 2.24) is 0 Å². The zero-order valence-electron chi connectivity index (χ0n) is 9.55. The molecule has 5 nitrogen and oxygen atoms in total. The normalized spacial score (nSPS) is 11.8. The minimum Gasteiger partial charge on any atom is -0.479 e. The number of rotatable bonds is 6. The molecule has 1 unspecified atom stereocenters. The maximum absolute atomic E-state index is 11.4. The van der Waals surface area contributed by atoms with Gasteiger partial charge >= 0.3 is 5.97 Å². The lowest BCUT2D eigenvalue weighted by Crippen LogP contribution is -2.22. The number of aliphatic carboxylic acids is 1. The molecule has 5 heteroatoms. The topological polar surface area (TPSA) is 75.6 Å². The van der Waals surface area contributed by atoms with Gasteiger partial charge in [0, 0.05) is 5.69 Å². The molecule has 0 aliphatic heterocycles. The standard InChI is InChI=1S/C12H15NO4/c1-9(12(15)16)17-8-7-11(14)13-10-5-3-2-4-6-10/h2-6,9H,7-8H2,1H3,(H,13,14)(H,15,16). The van der Waals surface area contributed by atoms with Crippen molar-refractivity contribution in [1.29, 1.82) is 0 Å². The minimum atomic E-state index is -1.03. The van der Waals surface area contributed by atoms with E-state index in [9.17, 15) is 9.59 Å². The molecule has 0 saturated heterocycles. The Hall–Kier alpha value is -1.88. The highest BCUT2D eigenvalue weighted by Crippen LogP contribution is 2.05. The summed E-state index contributed by atoms with van der Waals surface area (Å²) in [5.41, 5.74) is 0.712. The molecule has 1 rings (SSSR count). The number of amides is 1. The van der Waals surface area contributed by atoms with Crippen LogP contribution in [0.4, 0.5) is 5.69 Å². The molecular formula is C12H15NO4. The molecule has 0 bridgehead atoms. The summed E-state index contributed by atoms with van der Waals surface area (Å²) in [5, 5.41) is 11.2. The van der Waals surface area contributed by atoms with Crippen LogP contribution < -0.4 is 5.32 Å². The summed E-state index contributed by atoms with van der Waals surface area (Å²) in [7, 11) is 0. The van der Waals surface area contributed by atoms with Gasteiger partial charge in [0.2, 0.25) is 5.91 Å². The van der Waals surface area contributed by atoms with Crippen LogP contribution in [0.15, 0.2) is 30.3 Å². The Morgan fingerprint density at radius 2 is 2.00 bits per heavy atom. The lowest BCUT2D eigenvalue weighted by molar-refractivity contribution is -0.149. The van der Waals surface area contributed by atoms with E-state index in [2.05, 4.69) is 5.32 Å². The number of carboxylic acid groups (broad SMARTS) is 1. The van der Waals surface area contributed by atoms with E-state index in [-0.39, 0.29) is 18.9 Å². The van der Waals surface area contributed by atoms with Crippen molar-refractivity contribution >= 4 is 17.6 Å². The zero-order chi connectivity index (χ0) is 12.7. The predicted octanol–water partition coefficient (Wildman–Crippen LogP) is 1.50. The largest absolute Gasteiger partial charge is 0.479 e. The summed E-state index contributed by atoms with van der Waals surface area (Å²) in [4.78, 5) is 21.9. The van der Waals surface area contributed by atoms with Gasteiger partial charge in [0.15, 0.2) is 6.10 Å². The number of hydrogen-bond acceptors (Lipinski definition) is 3. The number of para-hydroxylation sites is 1. The quantitative estimate of drug-likeness (QED) is 0.786. The first-order valence-electron chi connectivity index (χ1n) is 5.29. The van der Waals surface area contributed by atoms with Crippen LogP contribution in [0, 0.1) is 0 Å². The van der Waals surface area contributed by atoms with Crippen LogP contribution in [0.1, 0.15) is 13.3 Å². The Morgan fingerprint density at radius 1 is 1.35 bits per heavy atom. The van der Waals surface area contributed by atoms with E-state index in [1.807, 2.05) is 18.2 Å². The van der Waals surface area contributed by atoms with Gasteiger partial charge in [-0.15, -0.1) is 0 Å². The fraction of sp³-hybridized carbons (Fsp3) is 0.333. The van der Waals surface area contributed by atoms with Crippen molar-refractivity contribution < 1.29 is 19.4 Å². The first kappa shape index (κ1) is 13.2. The van der Waals surface area contributed by atoms with Crippen LogP contribution in [-0.2, 0) is 14.3 Å². The number of carbonyl (C=O) groups excluding carboxylic acids is 1. The molecule has 92 valence electrons. The average molecular weight is 237 g/mol. The van der Waals surface area contributed by atoms with Crippen LogP contribution in [-0.4, -0.2) is 29.7 Å². The molecule has 0 aliphatic carbocycles. The molecule has 0 aromatic heterocycles. The van der Waals surface area contributed by atoms with Gasteiger partial charge in [-0.05, 0) is 19.1 Å². The van der Waals surface area contributed by atoms with E-state index in [4.69, 9.17) is 9.84 Å². The van der Waals surface area contributed by atoms with Gasteiger partial charge in [0.25, 0.3) is 0 Å². The second kappa shape index (κ2) is 6.65. The van der Waals surface area contributed by atoms with Crippen LogP contribution in [0.25, 0.3) is 0 Å². The smallest absolute Gasteiger partial charge is 0.332 e. The minimum absolute atomic E-state index is 0.0894. The molecule has 2 N–H and O–H groups in total. The average Bonchev–Trinajstić information content (AvgIpc) is 2.30. The number of hydrogen-bond donors (Lipinski definition) is 2. The van der Waals surface area contributed by atoms with Gasteiger partial charge in [0.05, 0.1) is 13.0 Å². The maximum atomic E-state index is 11.4. The number of anilines is 1. The number of nitrogens with one attached hydrogen (secondary N) is 1. The highest BCUT2D eigenvalue weighted by Gasteiger charge is 2.11. The van der Waals surface area contributed by atoms with Crippen molar-refractivity contribution in [2.75, 3.05) is 11.9 Å². The zero-order valence-corrected chi connectivity index (χ0v) is 9.55. The highest BCUT2D eigenvalue weighted by molar-refractivity contribution is 5.90. The summed E-state index contributed by atoms with van der Waals surface area (Å²) >= 11 is 0. The Morgan fingerprint density at radius 3 is 2.59 bits per heavy atom. The van der Waals surface area contributed by atoms with E-state index >= 15 is 0 Å². The lowest BCUT2D eigenvalue weighted by Gasteiger charge is -2.08. The maximum Gasteiger partial charge on any atom is 0.332 e. The van der Waals surface area contributed by atoms with E-state index in [0.717, 1.165) is 0 Å². The van der Waals surface area contributed by atoms with Crippen LogP contribution >= 0.6 is 0 Å². The Labute approximate surface area is 99.4 Å². The Kier molecular flexibility index (Phi) is 5.16. The molecule has 1 aromatic rings. The highest BCUT2D eigenvalue weighted by atomic mass is 16.5. The SMILES string of the molecule is CC(OCCC(=O)Nc1ccccc1)C(=O)O. The van der Waals surface area contributed by atoms with Crippen molar-refractivity contribution in [2.45, 2.75) is 19.4 Å². The first-order chi connectivity index (χ1) is 8.09.